The summed E-state index contributed by atoms with van der Waals surface area (Å²) in [6.07, 6.45) is 0.376. The maximum absolute atomic E-state index is 13.2. The van der Waals surface area contributed by atoms with E-state index in [1.807, 2.05) is 6.92 Å². The molecular formula is C27H40ClN7O7. The second-order valence-corrected chi connectivity index (χ2v) is 9.85. The van der Waals surface area contributed by atoms with Crippen LogP contribution in [0, 0.1) is 5.92 Å². The quantitative estimate of drug-likeness (QED) is 0.0468. The highest BCUT2D eigenvalue weighted by molar-refractivity contribution is 6.28. The summed E-state index contributed by atoms with van der Waals surface area (Å²) in [7, 11) is 0. The van der Waals surface area contributed by atoms with E-state index in [9.17, 15) is 28.8 Å². The lowest BCUT2D eigenvalue weighted by Crippen LogP contribution is -2.56. The van der Waals surface area contributed by atoms with E-state index < -0.39 is 66.5 Å². The molecule has 0 aliphatic heterocycles. The van der Waals surface area contributed by atoms with Crippen molar-refractivity contribution in [3.8, 4) is 0 Å². The molecule has 4 amide bonds. The van der Waals surface area contributed by atoms with Gasteiger partial charge in [-0.3, -0.25) is 33.8 Å². The molecular weight excluding hydrogens is 570 g/mol. The number of carbonyl (C=O) groups is 6. The lowest BCUT2D eigenvalue weighted by Gasteiger charge is -2.26. The normalized spacial score (nSPS) is 13.4. The summed E-state index contributed by atoms with van der Waals surface area (Å²) in [5.41, 5.74) is 10.9. The Bertz CT molecular complexity index is 1110. The first-order chi connectivity index (χ1) is 19.9. The van der Waals surface area contributed by atoms with Gasteiger partial charge in [0, 0.05) is 18.5 Å². The molecule has 0 saturated heterocycles. The molecule has 4 atom stereocenters. The van der Waals surface area contributed by atoms with Crippen molar-refractivity contribution >= 4 is 52.9 Å². The molecule has 15 heteroatoms. The zero-order chi connectivity index (χ0) is 31.7. The molecule has 232 valence electrons. The van der Waals surface area contributed by atoms with Crippen LogP contribution in [0.15, 0.2) is 35.3 Å². The summed E-state index contributed by atoms with van der Waals surface area (Å²) < 4.78 is 0. The Hall–Kier alpha value is -4.20. The van der Waals surface area contributed by atoms with Crippen LogP contribution in [0.25, 0.3) is 0 Å². The molecule has 1 aromatic rings. The highest BCUT2D eigenvalue weighted by atomic mass is 35.5. The summed E-state index contributed by atoms with van der Waals surface area (Å²) in [5.74, 6) is -5.11. The van der Waals surface area contributed by atoms with Gasteiger partial charge in [0.15, 0.2) is 11.7 Å². The fourth-order valence-corrected chi connectivity index (χ4v) is 3.95. The molecule has 9 N–H and O–H groups in total. The molecule has 0 spiro atoms. The summed E-state index contributed by atoms with van der Waals surface area (Å²) in [4.78, 5) is 78.5. The Kier molecular flexibility index (Phi) is 16.2. The van der Waals surface area contributed by atoms with Crippen molar-refractivity contribution in [2.75, 3.05) is 19.0 Å². The van der Waals surface area contributed by atoms with E-state index in [1.165, 1.54) is 0 Å². The Morgan fingerprint density at radius 3 is 2.19 bits per heavy atom. The van der Waals surface area contributed by atoms with Gasteiger partial charge >= 0.3 is 5.97 Å². The van der Waals surface area contributed by atoms with Crippen molar-refractivity contribution in [1.29, 1.82) is 0 Å². The zero-order valence-corrected chi connectivity index (χ0v) is 24.5. The standard InChI is InChI=1S/C27H40ClN7O7/c1-3-16(2)23(35-24(40)17-8-5-4-6-9-17)26(42)34-19(11-12-22(38)39)25(41)32-15-21(37)33-18(20(36)14-28)10-7-13-31-27(29)30/h4-6,8-9,16,18-19,23H,3,7,10-15H2,1-2H3,(H,32,41)(H,33,37)(H,34,42)(H,35,40)(H,38,39)(H4,29,30,31)/t16-,18-,19-,23-/m0/s1. The molecule has 14 nitrogen and oxygen atoms in total. The van der Waals surface area contributed by atoms with E-state index in [-0.39, 0.29) is 37.1 Å². The van der Waals surface area contributed by atoms with Crippen LogP contribution in [0.2, 0.25) is 0 Å². The number of guanidine groups is 1. The Morgan fingerprint density at radius 1 is 0.952 bits per heavy atom. The Labute approximate surface area is 249 Å². The molecule has 0 heterocycles. The molecule has 0 bridgehead atoms. The van der Waals surface area contributed by atoms with Crippen LogP contribution in [-0.4, -0.2) is 83.5 Å². The van der Waals surface area contributed by atoms with Gasteiger partial charge in [-0.1, -0.05) is 38.5 Å². The largest absolute Gasteiger partial charge is 0.481 e. The van der Waals surface area contributed by atoms with E-state index in [0.717, 1.165) is 0 Å². The molecule has 0 aliphatic carbocycles. The molecule has 0 unspecified atom stereocenters. The maximum Gasteiger partial charge on any atom is 0.303 e. The monoisotopic (exact) mass is 609 g/mol. The SMILES string of the molecule is CC[C@H](C)[C@H](NC(=O)c1ccccc1)C(=O)N[C@@H](CCC(=O)O)C(=O)NCC(=O)N[C@@H](CCCN=C(N)N)C(=O)CCl. The molecule has 0 aromatic heterocycles. The third-order valence-electron chi connectivity index (χ3n) is 6.32. The van der Waals surface area contributed by atoms with Crippen molar-refractivity contribution in [2.24, 2.45) is 22.4 Å². The van der Waals surface area contributed by atoms with Gasteiger partial charge in [-0.2, -0.15) is 0 Å². The molecule has 42 heavy (non-hydrogen) atoms. The van der Waals surface area contributed by atoms with Gasteiger partial charge in [0.05, 0.1) is 18.5 Å². The third kappa shape index (κ3) is 13.4. The maximum atomic E-state index is 13.2. The number of hydrogen-bond acceptors (Lipinski definition) is 7. The number of alkyl halides is 1. The highest BCUT2D eigenvalue weighted by Gasteiger charge is 2.31. The van der Waals surface area contributed by atoms with E-state index in [1.54, 1.807) is 37.3 Å². The molecule has 0 saturated carbocycles. The summed E-state index contributed by atoms with van der Waals surface area (Å²) in [6, 6.07) is 5.00. The predicted molar refractivity (Wildman–Crippen MR) is 157 cm³/mol. The van der Waals surface area contributed by atoms with Crippen molar-refractivity contribution in [3.05, 3.63) is 35.9 Å². The molecule has 1 aromatic carbocycles. The Morgan fingerprint density at radius 2 is 1.62 bits per heavy atom. The minimum absolute atomic E-state index is 0.111. The number of hydrogen-bond donors (Lipinski definition) is 7. The smallest absolute Gasteiger partial charge is 0.303 e. The van der Waals surface area contributed by atoms with E-state index in [0.29, 0.717) is 18.4 Å². The number of carbonyl (C=O) groups excluding carboxylic acids is 5. The number of amides is 4. The van der Waals surface area contributed by atoms with E-state index >= 15 is 0 Å². The first-order valence-corrected chi connectivity index (χ1v) is 14.0. The summed E-state index contributed by atoms with van der Waals surface area (Å²) >= 11 is 5.64. The lowest BCUT2D eigenvalue weighted by atomic mass is 9.97. The second-order valence-electron chi connectivity index (χ2n) is 9.58. The van der Waals surface area contributed by atoms with Crippen LogP contribution in [0.5, 0.6) is 0 Å². The van der Waals surface area contributed by atoms with Crippen molar-refractivity contribution < 1.29 is 33.9 Å². The number of carboxylic acid groups (broad SMARTS) is 1. The number of nitrogens with zero attached hydrogens (tertiary/aromatic N) is 1. The van der Waals surface area contributed by atoms with Gasteiger partial charge in [0.2, 0.25) is 17.7 Å². The van der Waals surface area contributed by atoms with Crippen molar-refractivity contribution in [2.45, 2.75) is 64.1 Å². The predicted octanol–water partition coefficient (Wildman–Crippen LogP) is -0.357. The summed E-state index contributed by atoms with van der Waals surface area (Å²) in [5, 5.41) is 19.2. The van der Waals surface area contributed by atoms with Gasteiger partial charge in [0.25, 0.3) is 5.91 Å². The minimum atomic E-state index is -1.32. The first kappa shape index (κ1) is 35.8. The average molecular weight is 610 g/mol. The highest BCUT2D eigenvalue weighted by Crippen LogP contribution is 2.11. The number of carboxylic acids is 1. The van der Waals surface area contributed by atoms with E-state index in [2.05, 4.69) is 26.3 Å². The number of ketones is 1. The first-order valence-electron chi connectivity index (χ1n) is 13.5. The van der Waals surface area contributed by atoms with Crippen LogP contribution in [0.4, 0.5) is 0 Å². The van der Waals surface area contributed by atoms with E-state index in [4.69, 9.17) is 28.2 Å². The van der Waals surface area contributed by atoms with Gasteiger partial charge in [-0.05, 0) is 37.3 Å². The van der Waals surface area contributed by atoms with Gasteiger partial charge in [0.1, 0.15) is 12.1 Å². The Balaban J connectivity index is 2.90. The fourth-order valence-electron chi connectivity index (χ4n) is 3.76. The van der Waals surface area contributed by atoms with Crippen LogP contribution in [0.1, 0.15) is 56.3 Å². The van der Waals surface area contributed by atoms with Crippen LogP contribution < -0.4 is 32.7 Å². The number of aliphatic carboxylic acids is 1. The van der Waals surface area contributed by atoms with Crippen LogP contribution >= 0.6 is 11.6 Å². The second kappa shape index (κ2) is 19.0. The zero-order valence-electron chi connectivity index (χ0n) is 23.7. The van der Waals surface area contributed by atoms with Gasteiger partial charge in [-0.25, -0.2) is 0 Å². The molecule has 0 aliphatic rings. The summed E-state index contributed by atoms with van der Waals surface area (Å²) in [6.45, 7) is 3.26. The minimum Gasteiger partial charge on any atom is -0.481 e. The number of nitrogens with one attached hydrogen (secondary N) is 4. The fraction of sp³-hybridized carbons (Fsp3) is 0.519. The topological polar surface area (TPSA) is 235 Å². The van der Waals surface area contributed by atoms with Crippen molar-refractivity contribution in [3.63, 3.8) is 0 Å². The van der Waals surface area contributed by atoms with Gasteiger partial charge < -0.3 is 37.8 Å². The number of nitrogens with two attached hydrogens (primary N) is 2. The van der Waals surface area contributed by atoms with Crippen LogP contribution in [0.3, 0.4) is 0 Å². The number of Topliss-reactive ketones (excluding diaryl/α,β-unsaturated/α-hetero) is 1. The van der Waals surface area contributed by atoms with Crippen molar-refractivity contribution in [1.82, 2.24) is 21.3 Å². The molecule has 0 radical (unpaired) electrons. The van der Waals surface area contributed by atoms with Crippen LogP contribution in [-0.2, 0) is 24.0 Å². The number of halogens is 1. The average Bonchev–Trinajstić information content (AvgIpc) is 2.97. The molecule has 0 fully saturated rings. The lowest BCUT2D eigenvalue weighted by molar-refractivity contribution is -0.138. The van der Waals surface area contributed by atoms with Gasteiger partial charge in [-0.15, -0.1) is 11.6 Å². The molecule has 1 rings (SSSR count). The number of aliphatic imine (C=N–C) groups is 1. The number of benzene rings is 1. The third-order valence-corrected chi connectivity index (χ3v) is 6.59. The number of rotatable bonds is 19.